The molecule has 0 aliphatic rings. The van der Waals surface area contributed by atoms with Crippen LogP contribution in [0.2, 0.25) is 0 Å². The molecule has 1 heterocycles. The van der Waals surface area contributed by atoms with Crippen molar-refractivity contribution in [1.29, 1.82) is 0 Å². The highest BCUT2D eigenvalue weighted by atomic mass is 32.1. The second kappa shape index (κ2) is 9.33. The van der Waals surface area contributed by atoms with Crippen molar-refractivity contribution >= 4 is 23.2 Å². The van der Waals surface area contributed by atoms with E-state index < -0.39 is 12.0 Å². The topological polar surface area (TPSA) is 88.5 Å². The van der Waals surface area contributed by atoms with Gasteiger partial charge in [0.25, 0.3) is 0 Å². The van der Waals surface area contributed by atoms with Crippen LogP contribution in [0.15, 0.2) is 29.6 Å². The largest absolute Gasteiger partial charge is 0.494 e. The first-order chi connectivity index (χ1) is 12.4. The molecule has 2 aromatic rings. The molecule has 1 atom stereocenters. The molecule has 0 spiro atoms. The van der Waals surface area contributed by atoms with E-state index in [1.807, 2.05) is 50.4 Å². The summed E-state index contributed by atoms with van der Waals surface area (Å²) in [4.78, 5) is 27.9. The minimum atomic E-state index is -1.01. The number of benzene rings is 1. The summed E-state index contributed by atoms with van der Waals surface area (Å²) in [7, 11) is 0. The second-order valence-electron chi connectivity index (χ2n) is 6.37. The molecule has 26 heavy (non-hydrogen) atoms. The van der Waals surface area contributed by atoms with Crippen molar-refractivity contribution in [3.63, 3.8) is 0 Å². The predicted molar refractivity (Wildman–Crippen MR) is 101 cm³/mol. The van der Waals surface area contributed by atoms with Crippen molar-refractivity contribution in [2.45, 2.75) is 39.7 Å². The molecule has 0 saturated heterocycles. The zero-order valence-electron chi connectivity index (χ0n) is 15.2. The first kappa shape index (κ1) is 19.9. The number of aromatic nitrogens is 1. The number of aliphatic carboxylic acids is 1. The summed E-state index contributed by atoms with van der Waals surface area (Å²) < 4.78 is 5.42. The SMILES string of the molecule is CCOc1ccc(-c2nc(CC(=O)N[C@@H](CC(C)C)C(=O)O)cs2)cc1. The standard InChI is InChI=1S/C19H24N2O4S/c1-4-25-15-7-5-13(6-8-15)18-20-14(11-26-18)10-17(22)21-16(19(23)24)9-12(2)3/h5-8,11-12,16H,4,9-10H2,1-3H3,(H,21,22)(H,23,24)/t16-/m0/s1. The normalized spacial score (nSPS) is 12.0. The Bertz CT molecular complexity index is 740. The third-order valence-corrected chi connectivity index (χ3v) is 4.59. The minimum Gasteiger partial charge on any atom is -0.494 e. The maximum Gasteiger partial charge on any atom is 0.326 e. The molecular weight excluding hydrogens is 352 g/mol. The van der Waals surface area contributed by atoms with E-state index in [9.17, 15) is 14.7 Å². The van der Waals surface area contributed by atoms with Crippen LogP contribution in [-0.4, -0.2) is 34.6 Å². The van der Waals surface area contributed by atoms with Crippen molar-refractivity contribution in [1.82, 2.24) is 10.3 Å². The van der Waals surface area contributed by atoms with Gasteiger partial charge in [-0.1, -0.05) is 13.8 Å². The van der Waals surface area contributed by atoms with Gasteiger partial charge in [0.2, 0.25) is 5.91 Å². The van der Waals surface area contributed by atoms with Crippen LogP contribution in [0.3, 0.4) is 0 Å². The molecule has 140 valence electrons. The fourth-order valence-corrected chi connectivity index (χ4v) is 3.31. The van der Waals surface area contributed by atoms with Gasteiger partial charge in [-0.15, -0.1) is 11.3 Å². The summed E-state index contributed by atoms with van der Waals surface area (Å²) >= 11 is 1.45. The second-order valence-corrected chi connectivity index (χ2v) is 7.22. The van der Waals surface area contributed by atoms with E-state index in [4.69, 9.17) is 4.74 Å². The van der Waals surface area contributed by atoms with Crippen molar-refractivity contribution in [3.05, 3.63) is 35.3 Å². The van der Waals surface area contributed by atoms with E-state index in [1.165, 1.54) is 11.3 Å². The van der Waals surface area contributed by atoms with E-state index in [1.54, 1.807) is 0 Å². The fourth-order valence-electron chi connectivity index (χ4n) is 2.48. The molecule has 1 aromatic heterocycles. The quantitative estimate of drug-likeness (QED) is 0.700. The van der Waals surface area contributed by atoms with Crippen LogP contribution in [0.5, 0.6) is 5.75 Å². The van der Waals surface area contributed by atoms with E-state index >= 15 is 0 Å². The van der Waals surface area contributed by atoms with Gasteiger partial charge in [-0.3, -0.25) is 4.79 Å². The first-order valence-electron chi connectivity index (χ1n) is 8.58. The number of hydrogen-bond donors (Lipinski definition) is 2. The van der Waals surface area contributed by atoms with E-state index in [0.29, 0.717) is 18.7 Å². The minimum absolute atomic E-state index is 0.0649. The van der Waals surface area contributed by atoms with Gasteiger partial charge >= 0.3 is 5.97 Å². The summed E-state index contributed by atoms with van der Waals surface area (Å²) in [6.45, 7) is 6.39. The Morgan fingerprint density at radius 2 is 1.96 bits per heavy atom. The van der Waals surface area contributed by atoms with Crippen molar-refractivity contribution in [2.75, 3.05) is 6.61 Å². The highest BCUT2D eigenvalue weighted by Gasteiger charge is 2.21. The molecule has 2 rings (SSSR count). The number of thiazole rings is 1. The molecule has 0 aliphatic heterocycles. The average molecular weight is 376 g/mol. The Balaban J connectivity index is 1.98. The summed E-state index contributed by atoms with van der Waals surface area (Å²) in [5.41, 5.74) is 1.58. The average Bonchev–Trinajstić information content (AvgIpc) is 3.03. The molecular formula is C19H24N2O4S. The number of nitrogens with one attached hydrogen (secondary N) is 1. The van der Waals surface area contributed by atoms with Gasteiger partial charge in [0.15, 0.2) is 0 Å². The summed E-state index contributed by atoms with van der Waals surface area (Å²) in [5, 5.41) is 14.4. The number of amides is 1. The molecule has 7 heteroatoms. The van der Waals surface area contributed by atoms with Crippen LogP contribution in [0.25, 0.3) is 10.6 Å². The van der Waals surface area contributed by atoms with Crippen molar-refractivity contribution in [3.8, 4) is 16.3 Å². The van der Waals surface area contributed by atoms with Crippen LogP contribution >= 0.6 is 11.3 Å². The number of carbonyl (C=O) groups excluding carboxylic acids is 1. The Labute approximate surface area is 157 Å². The maximum absolute atomic E-state index is 12.1. The van der Waals surface area contributed by atoms with Crippen molar-refractivity contribution < 1.29 is 19.4 Å². The summed E-state index contributed by atoms with van der Waals surface area (Å²) in [6.07, 6.45) is 0.463. The number of nitrogens with zero attached hydrogens (tertiary/aromatic N) is 1. The van der Waals surface area contributed by atoms with Gasteiger partial charge in [0.1, 0.15) is 16.8 Å². The summed E-state index contributed by atoms with van der Waals surface area (Å²) in [5.74, 6) is -0.360. The lowest BCUT2D eigenvalue weighted by Crippen LogP contribution is -2.42. The van der Waals surface area contributed by atoms with Crippen LogP contribution in [0.1, 0.15) is 32.9 Å². The molecule has 1 aromatic carbocycles. The Kier molecular flexibility index (Phi) is 7.15. The van der Waals surface area contributed by atoms with Crippen LogP contribution < -0.4 is 10.1 Å². The number of carbonyl (C=O) groups is 2. The fraction of sp³-hybridized carbons (Fsp3) is 0.421. The predicted octanol–water partition coefficient (Wildman–Crippen LogP) is 3.37. The molecule has 1 amide bonds. The summed E-state index contributed by atoms with van der Waals surface area (Å²) in [6, 6.07) is 6.76. The molecule has 0 saturated carbocycles. The molecule has 0 bridgehead atoms. The lowest BCUT2D eigenvalue weighted by Gasteiger charge is -2.16. The van der Waals surface area contributed by atoms with Gasteiger partial charge in [-0.05, 0) is 43.5 Å². The number of rotatable bonds is 9. The lowest BCUT2D eigenvalue weighted by atomic mass is 10.0. The number of carboxylic acid groups (broad SMARTS) is 1. The van der Waals surface area contributed by atoms with Gasteiger partial charge in [0, 0.05) is 10.9 Å². The van der Waals surface area contributed by atoms with E-state index in [2.05, 4.69) is 10.3 Å². The Hall–Kier alpha value is -2.41. The maximum atomic E-state index is 12.1. The van der Waals surface area contributed by atoms with Crippen LogP contribution in [0, 0.1) is 5.92 Å². The monoisotopic (exact) mass is 376 g/mol. The van der Waals surface area contributed by atoms with E-state index in [0.717, 1.165) is 16.3 Å². The smallest absolute Gasteiger partial charge is 0.326 e. The van der Waals surface area contributed by atoms with E-state index in [-0.39, 0.29) is 18.2 Å². The highest BCUT2D eigenvalue weighted by molar-refractivity contribution is 7.13. The number of ether oxygens (including phenoxy) is 1. The van der Waals surface area contributed by atoms with Crippen LogP contribution in [-0.2, 0) is 16.0 Å². The third kappa shape index (κ3) is 5.84. The highest BCUT2D eigenvalue weighted by Crippen LogP contribution is 2.26. The zero-order chi connectivity index (χ0) is 19.1. The van der Waals surface area contributed by atoms with Gasteiger partial charge < -0.3 is 15.2 Å². The Morgan fingerprint density at radius 1 is 1.27 bits per heavy atom. The van der Waals surface area contributed by atoms with Crippen LogP contribution in [0.4, 0.5) is 0 Å². The molecule has 6 nitrogen and oxygen atoms in total. The molecule has 2 N–H and O–H groups in total. The Morgan fingerprint density at radius 3 is 2.54 bits per heavy atom. The van der Waals surface area contributed by atoms with Gasteiger partial charge in [-0.2, -0.15) is 0 Å². The molecule has 0 fully saturated rings. The van der Waals surface area contributed by atoms with Gasteiger partial charge in [0.05, 0.1) is 18.7 Å². The molecule has 0 aliphatic carbocycles. The molecule has 0 radical (unpaired) electrons. The number of hydrogen-bond acceptors (Lipinski definition) is 5. The number of carboxylic acids is 1. The lowest BCUT2D eigenvalue weighted by molar-refractivity contribution is -0.142. The van der Waals surface area contributed by atoms with Crippen molar-refractivity contribution in [2.24, 2.45) is 5.92 Å². The van der Waals surface area contributed by atoms with Gasteiger partial charge in [-0.25, -0.2) is 9.78 Å². The first-order valence-corrected chi connectivity index (χ1v) is 9.46. The third-order valence-electron chi connectivity index (χ3n) is 3.65. The molecule has 0 unspecified atom stereocenters. The zero-order valence-corrected chi connectivity index (χ0v) is 16.0.